The molecule has 4 nitrogen and oxygen atoms in total. The van der Waals surface area contributed by atoms with E-state index in [9.17, 15) is 9.59 Å². The summed E-state index contributed by atoms with van der Waals surface area (Å²) < 4.78 is 0. The number of rotatable bonds is 4. The Kier molecular flexibility index (Phi) is 5.06. The second-order valence-electron chi connectivity index (χ2n) is 6.78. The fourth-order valence-electron chi connectivity index (χ4n) is 4.01. The average Bonchev–Trinajstić information content (AvgIpc) is 2.38. The summed E-state index contributed by atoms with van der Waals surface area (Å²) in [5.41, 5.74) is 0. The smallest absolute Gasteiger partial charge is 0.303 e. The van der Waals surface area contributed by atoms with E-state index in [0.29, 0.717) is 18.4 Å². The Morgan fingerprint density at radius 2 is 1.90 bits per heavy atom. The van der Waals surface area contributed by atoms with Crippen molar-refractivity contribution in [3.05, 3.63) is 0 Å². The molecule has 1 saturated carbocycles. The highest BCUT2D eigenvalue weighted by Gasteiger charge is 2.39. The monoisotopic (exact) mass is 281 g/mol. The highest BCUT2D eigenvalue weighted by molar-refractivity contribution is 5.78. The van der Waals surface area contributed by atoms with Crippen molar-refractivity contribution in [3.63, 3.8) is 0 Å². The minimum atomic E-state index is -0.812. The van der Waals surface area contributed by atoms with Crippen molar-refractivity contribution >= 4 is 11.9 Å². The number of carbonyl (C=O) groups is 2. The van der Waals surface area contributed by atoms with Crippen LogP contribution in [0.3, 0.4) is 0 Å². The third kappa shape index (κ3) is 3.53. The van der Waals surface area contributed by atoms with Gasteiger partial charge in [-0.15, -0.1) is 0 Å². The molecule has 1 heterocycles. The van der Waals surface area contributed by atoms with Gasteiger partial charge in [-0.2, -0.15) is 0 Å². The molecule has 1 N–H and O–H groups in total. The second-order valence-corrected chi connectivity index (χ2v) is 6.78. The van der Waals surface area contributed by atoms with Crippen LogP contribution in [0.1, 0.15) is 58.8 Å². The number of piperidine rings is 1. The van der Waals surface area contributed by atoms with Gasteiger partial charge < -0.3 is 10.0 Å². The van der Waals surface area contributed by atoms with Crippen LogP contribution in [0.25, 0.3) is 0 Å². The zero-order valence-corrected chi connectivity index (χ0v) is 12.7. The normalized spacial score (nSPS) is 31.5. The number of nitrogens with zero attached hydrogens (tertiary/aromatic N) is 1. The molecule has 4 unspecified atom stereocenters. The number of hydrogen-bond donors (Lipinski definition) is 1. The predicted octanol–water partition coefficient (Wildman–Crippen LogP) is 2.91. The van der Waals surface area contributed by atoms with E-state index in [4.69, 9.17) is 5.11 Å². The van der Waals surface area contributed by atoms with Gasteiger partial charge in [0.25, 0.3) is 0 Å². The molecule has 114 valence electrons. The number of amides is 1. The molecule has 0 aromatic heterocycles. The van der Waals surface area contributed by atoms with Crippen LogP contribution < -0.4 is 0 Å². The van der Waals surface area contributed by atoms with E-state index >= 15 is 0 Å². The first-order valence-electron chi connectivity index (χ1n) is 8.00. The molecular formula is C16H27NO3. The molecule has 0 radical (unpaired) electrons. The molecule has 20 heavy (non-hydrogen) atoms. The molecule has 0 aromatic carbocycles. The Morgan fingerprint density at radius 1 is 1.20 bits per heavy atom. The molecular weight excluding hydrogens is 254 g/mol. The molecule has 2 rings (SSSR count). The standard InChI is InChI=1S/C16H27NO3/c1-11(10-16(19)20)9-15(18)17-8-7-12(2)13-5-3-4-6-14(13)17/h11-14H,3-10H2,1-2H3,(H,19,20). The van der Waals surface area contributed by atoms with Crippen LogP contribution in [0.15, 0.2) is 0 Å². The van der Waals surface area contributed by atoms with Crippen molar-refractivity contribution in [3.8, 4) is 0 Å². The number of fused-ring (bicyclic) bond motifs is 1. The van der Waals surface area contributed by atoms with Gasteiger partial charge in [-0.25, -0.2) is 0 Å². The van der Waals surface area contributed by atoms with Crippen LogP contribution in [0, 0.1) is 17.8 Å². The SMILES string of the molecule is CC(CC(=O)O)CC(=O)N1CCC(C)C2CCCCC21. The largest absolute Gasteiger partial charge is 0.481 e. The summed E-state index contributed by atoms with van der Waals surface area (Å²) in [6.07, 6.45) is 6.47. The number of likely N-dealkylation sites (tertiary alicyclic amines) is 1. The number of aliphatic carboxylic acids is 1. The van der Waals surface area contributed by atoms with Crippen LogP contribution in [0.5, 0.6) is 0 Å². The van der Waals surface area contributed by atoms with Crippen molar-refractivity contribution in [2.24, 2.45) is 17.8 Å². The lowest BCUT2D eigenvalue weighted by atomic mass is 9.72. The number of carboxylic acid groups (broad SMARTS) is 1. The summed E-state index contributed by atoms with van der Waals surface area (Å²) >= 11 is 0. The molecule has 0 aromatic rings. The van der Waals surface area contributed by atoms with E-state index in [1.54, 1.807) is 0 Å². The van der Waals surface area contributed by atoms with Gasteiger partial charge >= 0.3 is 5.97 Å². The molecule has 1 aliphatic heterocycles. The third-order valence-electron chi connectivity index (χ3n) is 5.10. The average molecular weight is 281 g/mol. The van der Waals surface area contributed by atoms with Crippen molar-refractivity contribution < 1.29 is 14.7 Å². The molecule has 0 spiro atoms. The van der Waals surface area contributed by atoms with Gasteiger partial charge in [-0.1, -0.05) is 26.7 Å². The summed E-state index contributed by atoms with van der Waals surface area (Å²) in [6.45, 7) is 5.04. The summed E-state index contributed by atoms with van der Waals surface area (Å²) in [7, 11) is 0. The predicted molar refractivity (Wildman–Crippen MR) is 77.3 cm³/mol. The summed E-state index contributed by atoms with van der Waals surface area (Å²) in [5.74, 6) is 0.675. The van der Waals surface area contributed by atoms with Crippen molar-refractivity contribution in [2.45, 2.75) is 64.8 Å². The van der Waals surface area contributed by atoms with Gasteiger partial charge in [-0.3, -0.25) is 9.59 Å². The van der Waals surface area contributed by atoms with E-state index in [1.165, 1.54) is 19.3 Å². The van der Waals surface area contributed by atoms with Gasteiger partial charge in [0, 0.05) is 25.4 Å². The van der Waals surface area contributed by atoms with E-state index < -0.39 is 5.97 Å². The molecule has 4 heteroatoms. The molecule has 4 atom stereocenters. The quantitative estimate of drug-likeness (QED) is 0.862. The van der Waals surface area contributed by atoms with Crippen LogP contribution in [0.4, 0.5) is 0 Å². The Hall–Kier alpha value is -1.06. The van der Waals surface area contributed by atoms with E-state index in [1.807, 2.05) is 6.92 Å². The van der Waals surface area contributed by atoms with E-state index in [0.717, 1.165) is 25.3 Å². The fraction of sp³-hybridized carbons (Fsp3) is 0.875. The highest BCUT2D eigenvalue weighted by Crippen LogP contribution is 2.39. The second kappa shape index (κ2) is 6.59. The van der Waals surface area contributed by atoms with Crippen molar-refractivity contribution in [1.82, 2.24) is 4.90 Å². The topological polar surface area (TPSA) is 57.6 Å². The number of carboxylic acids is 1. The fourth-order valence-corrected chi connectivity index (χ4v) is 4.01. The zero-order chi connectivity index (χ0) is 14.7. The first-order valence-corrected chi connectivity index (χ1v) is 8.00. The maximum Gasteiger partial charge on any atom is 0.303 e. The lowest BCUT2D eigenvalue weighted by Crippen LogP contribution is -2.52. The van der Waals surface area contributed by atoms with Gasteiger partial charge in [0.2, 0.25) is 5.91 Å². The first-order chi connectivity index (χ1) is 9.49. The lowest BCUT2D eigenvalue weighted by Gasteiger charge is -2.47. The lowest BCUT2D eigenvalue weighted by molar-refractivity contribution is -0.141. The summed E-state index contributed by atoms with van der Waals surface area (Å²) in [4.78, 5) is 25.3. The van der Waals surface area contributed by atoms with Gasteiger partial charge in [0.05, 0.1) is 0 Å². The molecule has 0 bridgehead atoms. The third-order valence-corrected chi connectivity index (χ3v) is 5.10. The first kappa shape index (κ1) is 15.3. The van der Waals surface area contributed by atoms with E-state index in [2.05, 4.69) is 11.8 Å². The zero-order valence-electron chi connectivity index (χ0n) is 12.7. The van der Waals surface area contributed by atoms with Gasteiger partial charge in [0.1, 0.15) is 0 Å². The molecule has 2 aliphatic rings. The van der Waals surface area contributed by atoms with Crippen LogP contribution in [-0.2, 0) is 9.59 Å². The highest BCUT2D eigenvalue weighted by atomic mass is 16.4. The summed E-state index contributed by atoms with van der Waals surface area (Å²) in [6, 6.07) is 0.414. The Balaban J connectivity index is 1.96. The van der Waals surface area contributed by atoms with E-state index in [-0.39, 0.29) is 18.2 Å². The maximum atomic E-state index is 12.5. The Morgan fingerprint density at radius 3 is 2.60 bits per heavy atom. The van der Waals surface area contributed by atoms with Gasteiger partial charge in [0.15, 0.2) is 0 Å². The minimum absolute atomic E-state index is 0.0682. The molecule has 2 fully saturated rings. The molecule has 1 aliphatic carbocycles. The van der Waals surface area contributed by atoms with Crippen molar-refractivity contribution in [2.75, 3.05) is 6.54 Å². The Bertz CT molecular complexity index is 369. The maximum absolute atomic E-state index is 12.5. The Labute approximate surface area is 121 Å². The van der Waals surface area contributed by atoms with Crippen LogP contribution >= 0.6 is 0 Å². The number of hydrogen-bond acceptors (Lipinski definition) is 2. The van der Waals surface area contributed by atoms with Crippen molar-refractivity contribution in [1.29, 1.82) is 0 Å². The minimum Gasteiger partial charge on any atom is -0.481 e. The molecule has 1 saturated heterocycles. The van der Waals surface area contributed by atoms with Gasteiger partial charge in [-0.05, 0) is 37.0 Å². The summed E-state index contributed by atoms with van der Waals surface area (Å²) in [5, 5.41) is 8.80. The van der Waals surface area contributed by atoms with Crippen LogP contribution in [-0.4, -0.2) is 34.5 Å². The van der Waals surface area contributed by atoms with Crippen LogP contribution in [0.2, 0.25) is 0 Å². The number of carbonyl (C=O) groups excluding carboxylic acids is 1. The molecule has 1 amide bonds.